The minimum Gasteiger partial charge on any atom is -0.377 e. The lowest BCUT2D eigenvalue weighted by molar-refractivity contribution is -0.124. The first-order valence-electron chi connectivity index (χ1n) is 5.43. The Balaban J connectivity index is 2.13. The van der Waals surface area contributed by atoms with Crippen molar-refractivity contribution in [1.82, 2.24) is 5.32 Å². The maximum Gasteiger partial charge on any atom is 0.401 e. The van der Waals surface area contributed by atoms with E-state index in [-0.39, 0.29) is 11.4 Å². The van der Waals surface area contributed by atoms with E-state index in [4.69, 9.17) is 4.74 Å². The predicted molar refractivity (Wildman–Crippen MR) is 59.8 cm³/mol. The molecule has 0 amide bonds. The summed E-state index contributed by atoms with van der Waals surface area (Å²) >= 11 is 1.71. The average Bonchev–Trinajstić information content (AvgIpc) is 2.49. The molecule has 0 spiro atoms. The van der Waals surface area contributed by atoms with Gasteiger partial charge >= 0.3 is 6.18 Å². The van der Waals surface area contributed by atoms with Crippen molar-refractivity contribution >= 4 is 11.8 Å². The highest BCUT2D eigenvalue weighted by Crippen LogP contribution is 2.29. The van der Waals surface area contributed by atoms with Gasteiger partial charge in [0, 0.05) is 23.7 Å². The Kier molecular flexibility index (Phi) is 5.40. The number of rotatable bonds is 5. The van der Waals surface area contributed by atoms with Crippen molar-refractivity contribution in [2.45, 2.75) is 43.0 Å². The number of hydrogen-bond acceptors (Lipinski definition) is 3. The molecule has 1 saturated heterocycles. The molecule has 1 heterocycles. The average molecular weight is 257 g/mol. The van der Waals surface area contributed by atoms with Gasteiger partial charge in [0.25, 0.3) is 0 Å². The fourth-order valence-electron chi connectivity index (χ4n) is 1.65. The quantitative estimate of drug-likeness (QED) is 0.817. The Labute approximate surface area is 98.3 Å². The van der Waals surface area contributed by atoms with Crippen molar-refractivity contribution in [3.63, 3.8) is 0 Å². The first-order valence-corrected chi connectivity index (χ1v) is 6.37. The molecular formula is C10H18F3NOS. The standard InChI is InChI=1S/C10H18F3NOS/c1-7(5-14-6-10(11,12)13)16-9-3-4-15-8(9)2/h7-9,14H,3-6H2,1-2H3. The maximum atomic E-state index is 11.9. The minimum atomic E-state index is -4.12. The minimum absolute atomic E-state index is 0.177. The lowest BCUT2D eigenvalue weighted by Gasteiger charge is -2.19. The number of nitrogens with one attached hydrogen (secondary N) is 1. The summed E-state index contributed by atoms with van der Waals surface area (Å²) in [7, 11) is 0. The van der Waals surface area contributed by atoms with E-state index in [0.717, 1.165) is 13.0 Å². The smallest absolute Gasteiger partial charge is 0.377 e. The molecule has 0 bridgehead atoms. The summed E-state index contributed by atoms with van der Waals surface area (Å²) in [6.45, 7) is 4.20. The van der Waals surface area contributed by atoms with Crippen LogP contribution in [0.1, 0.15) is 20.3 Å². The molecule has 0 aromatic heterocycles. The van der Waals surface area contributed by atoms with Crippen molar-refractivity contribution in [1.29, 1.82) is 0 Å². The highest BCUT2D eigenvalue weighted by Gasteiger charge is 2.28. The molecular weight excluding hydrogens is 239 g/mol. The number of alkyl halides is 3. The van der Waals surface area contributed by atoms with Crippen LogP contribution in [0.2, 0.25) is 0 Å². The second-order valence-electron chi connectivity index (χ2n) is 4.10. The van der Waals surface area contributed by atoms with E-state index in [1.807, 2.05) is 13.8 Å². The molecule has 1 aliphatic rings. The molecule has 0 aromatic carbocycles. The van der Waals surface area contributed by atoms with Gasteiger partial charge < -0.3 is 10.1 Å². The third-order valence-corrected chi connectivity index (χ3v) is 4.07. The molecule has 96 valence electrons. The normalized spacial score (nSPS) is 28.3. The third kappa shape index (κ3) is 5.41. The Hall–Kier alpha value is 0.0600. The van der Waals surface area contributed by atoms with Gasteiger partial charge in [0.1, 0.15) is 0 Å². The molecule has 1 N–H and O–H groups in total. The van der Waals surface area contributed by atoms with E-state index in [1.54, 1.807) is 11.8 Å². The summed E-state index contributed by atoms with van der Waals surface area (Å²) in [6, 6.07) is 0. The van der Waals surface area contributed by atoms with Crippen molar-refractivity contribution < 1.29 is 17.9 Å². The largest absolute Gasteiger partial charge is 0.401 e. The summed E-state index contributed by atoms with van der Waals surface area (Å²) in [6.07, 6.45) is -2.90. The lowest BCUT2D eigenvalue weighted by Crippen LogP contribution is -2.33. The molecule has 3 atom stereocenters. The lowest BCUT2D eigenvalue weighted by atomic mass is 10.3. The van der Waals surface area contributed by atoms with Gasteiger partial charge in [0.2, 0.25) is 0 Å². The van der Waals surface area contributed by atoms with Crippen LogP contribution in [0.5, 0.6) is 0 Å². The predicted octanol–water partition coefficient (Wildman–Crippen LogP) is 2.44. The van der Waals surface area contributed by atoms with Gasteiger partial charge in [0.05, 0.1) is 12.6 Å². The molecule has 0 aromatic rings. The van der Waals surface area contributed by atoms with Crippen LogP contribution in [0.25, 0.3) is 0 Å². The fraction of sp³-hybridized carbons (Fsp3) is 1.00. The summed E-state index contributed by atoms with van der Waals surface area (Å²) < 4.78 is 41.1. The number of hydrogen-bond donors (Lipinski definition) is 1. The number of thioether (sulfide) groups is 1. The summed E-state index contributed by atoms with van der Waals surface area (Å²) in [5.74, 6) is 0. The molecule has 0 aliphatic carbocycles. The number of halogens is 3. The van der Waals surface area contributed by atoms with Gasteiger partial charge in [-0.05, 0) is 13.3 Å². The SMILES string of the molecule is CC(CNCC(F)(F)F)SC1CCOC1C. The Morgan fingerprint density at radius 1 is 1.50 bits per heavy atom. The van der Waals surface area contributed by atoms with Crippen LogP contribution in [0.3, 0.4) is 0 Å². The van der Waals surface area contributed by atoms with Crippen molar-refractivity contribution in [2.24, 2.45) is 0 Å². The maximum absolute atomic E-state index is 11.9. The summed E-state index contributed by atoms with van der Waals surface area (Å²) in [5, 5.41) is 3.02. The highest BCUT2D eigenvalue weighted by molar-refractivity contribution is 8.00. The third-order valence-electron chi connectivity index (χ3n) is 2.47. The van der Waals surface area contributed by atoms with Gasteiger partial charge in [-0.1, -0.05) is 6.92 Å². The highest BCUT2D eigenvalue weighted by atomic mass is 32.2. The van der Waals surface area contributed by atoms with Crippen LogP contribution in [-0.2, 0) is 4.74 Å². The van der Waals surface area contributed by atoms with E-state index in [2.05, 4.69) is 5.32 Å². The Bertz CT molecular complexity index is 213. The van der Waals surface area contributed by atoms with E-state index in [9.17, 15) is 13.2 Å². The first-order chi connectivity index (χ1) is 7.38. The zero-order valence-electron chi connectivity index (χ0n) is 9.51. The zero-order valence-corrected chi connectivity index (χ0v) is 10.3. The fourth-order valence-corrected chi connectivity index (χ4v) is 3.00. The molecule has 2 nitrogen and oxygen atoms in total. The molecule has 0 radical (unpaired) electrons. The van der Waals surface area contributed by atoms with Gasteiger partial charge in [-0.15, -0.1) is 0 Å². The molecule has 3 unspecified atom stereocenters. The van der Waals surface area contributed by atoms with Crippen molar-refractivity contribution in [3.8, 4) is 0 Å². The van der Waals surface area contributed by atoms with E-state index in [1.165, 1.54) is 0 Å². The van der Waals surface area contributed by atoms with Crippen LogP contribution in [-0.4, -0.2) is 42.5 Å². The van der Waals surface area contributed by atoms with E-state index >= 15 is 0 Å². The Morgan fingerprint density at radius 2 is 2.19 bits per heavy atom. The van der Waals surface area contributed by atoms with Crippen LogP contribution in [0, 0.1) is 0 Å². The zero-order chi connectivity index (χ0) is 12.2. The van der Waals surface area contributed by atoms with E-state index in [0.29, 0.717) is 11.8 Å². The topological polar surface area (TPSA) is 21.3 Å². The summed E-state index contributed by atoms with van der Waals surface area (Å²) in [5.41, 5.74) is 0. The van der Waals surface area contributed by atoms with Gasteiger partial charge in [0.15, 0.2) is 0 Å². The monoisotopic (exact) mass is 257 g/mol. The summed E-state index contributed by atoms with van der Waals surface area (Å²) in [4.78, 5) is 0. The van der Waals surface area contributed by atoms with Crippen LogP contribution < -0.4 is 5.32 Å². The molecule has 1 fully saturated rings. The molecule has 6 heteroatoms. The molecule has 1 rings (SSSR count). The van der Waals surface area contributed by atoms with E-state index < -0.39 is 12.7 Å². The Morgan fingerprint density at radius 3 is 2.69 bits per heavy atom. The van der Waals surface area contributed by atoms with Gasteiger partial charge in [-0.2, -0.15) is 24.9 Å². The molecule has 0 saturated carbocycles. The van der Waals surface area contributed by atoms with Crippen LogP contribution in [0.15, 0.2) is 0 Å². The number of ether oxygens (including phenoxy) is 1. The van der Waals surface area contributed by atoms with Crippen molar-refractivity contribution in [2.75, 3.05) is 19.7 Å². The second-order valence-corrected chi connectivity index (χ2v) is 5.78. The molecule has 1 aliphatic heterocycles. The van der Waals surface area contributed by atoms with Gasteiger partial charge in [-0.25, -0.2) is 0 Å². The first kappa shape index (κ1) is 14.1. The van der Waals surface area contributed by atoms with Crippen LogP contribution in [0.4, 0.5) is 13.2 Å². The molecule has 16 heavy (non-hydrogen) atoms. The second kappa shape index (κ2) is 6.12. The van der Waals surface area contributed by atoms with Gasteiger partial charge in [-0.3, -0.25) is 0 Å². The van der Waals surface area contributed by atoms with Crippen LogP contribution >= 0.6 is 11.8 Å². The van der Waals surface area contributed by atoms with Crippen molar-refractivity contribution in [3.05, 3.63) is 0 Å².